The van der Waals surface area contributed by atoms with Crippen molar-refractivity contribution in [3.05, 3.63) is 34.7 Å². The Morgan fingerprint density at radius 2 is 1.38 bits per heavy atom. The van der Waals surface area contributed by atoms with Crippen molar-refractivity contribution in [3.8, 4) is 0 Å². The second-order valence-electron chi connectivity index (χ2n) is 4.07. The predicted octanol–water partition coefficient (Wildman–Crippen LogP) is 2.62. The average molecular weight is 218 g/mol. The number of rotatable bonds is 4. The number of aromatic nitrogens is 2. The molecule has 16 heavy (non-hydrogen) atoms. The van der Waals surface area contributed by atoms with Crippen molar-refractivity contribution in [2.24, 2.45) is 0 Å². The minimum Gasteiger partial charge on any atom is -0.292 e. The maximum absolute atomic E-state index is 12.2. The third kappa shape index (κ3) is 1.66. The molecule has 1 heterocycles. The van der Waals surface area contributed by atoms with Gasteiger partial charge in [-0.3, -0.25) is 9.13 Å². The molecule has 0 unspecified atom stereocenters. The molecule has 1 aromatic heterocycles. The summed E-state index contributed by atoms with van der Waals surface area (Å²) < 4.78 is 3.76. The van der Waals surface area contributed by atoms with Crippen LogP contribution in [0.4, 0.5) is 0 Å². The van der Waals surface area contributed by atoms with Gasteiger partial charge in [0.25, 0.3) is 0 Å². The Balaban J connectivity index is 2.70. The van der Waals surface area contributed by atoms with Crippen LogP contribution in [-0.4, -0.2) is 9.13 Å². The quantitative estimate of drug-likeness (QED) is 0.775. The molecule has 0 amide bonds. The first-order valence-corrected chi connectivity index (χ1v) is 5.97. The van der Waals surface area contributed by atoms with Crippen molar-refractivity contribution >= 4 is 11.0 Å². The molecule has 1 aromatic carbocycles. The van der Waals surface area contributed by atoms with Crippen LogP contribution in [0.3, 0.4) is 0 Å². The fourth-order valence-corrected chi connectivity index (χ4v) is 2.15. The summed E-state index contributed by atoms with van der Waals surface area (Å²) in [4.78, 5) is 12.2. The minimum absolute atomic E-state index is 0.130. The molecule has 0 spiro atoms. The summed E-state index contributed by atoms with van der Waals surface area (Å²) in [5.74, 6) is 0. The topological polar surface area (TPSA) is 26.9 Å². The number of fused-ring (bicyclic) bond motifs is 1. The van der Waals surface area contributed by atoms with Crippen LogP contribution in [-0.2, 0) is 13.1 Å². The number of hydrogen-bond donors (Lipinski definition) is 0. The predicted molar refractivity (Wildman–Crippen MR) is 66.8 cm³/mol. The van der Waals surface area contributed by atoms with Gasteiger partial charge in [0.2, 0.25) is 0 Å². The number of aryl methyl sites for hydroxylation is 2. The van der Waals surface area contributed by atoms with Crippen LogP contribution in [0.15, 0.2) is 29.1 Å². The lowest BCUT2D eigenvalue weighted by molar-refractivity contribution is 0.607. The smallest absolute Gasteiger partial charge is 0.292 e. The first-order valence-electron chi connectivity index (χ1n) is 5.97. The molecule has 0 bridgehead atoms. The molecule has 0 aliphatic heterocycles. The van der Waals surface area contributed by atoms with Gasteiger partial charge in [-0.15, -0.1) is 0 Å². The van der Waals surface area contributed by atoms with E-state index in [2.05, 4.69) is 13.8 Å². The van der Waals surface area contributed by atoms with Gasteiger partial charge in [-0.1, -0.05) is 26.0 Å². The molecule has 2 aromatic rings. The molecule has 0 saturated carbocycles. The molecular weight excluding hydrogens is 200 g/mol. The first kappa shape index (κ1) is 11.0. The molecule has 0 N–H and O–H groups in total. The van der Waals surface area contributed by atoms with Gasteiger partial charge in [-0.05, 0) is 25.0 Å². The molecule has 0 aliphatic carbocycles. The van der Waals surface area contributed by atoms with E-state index in [1.807, 2.05) is 33.4 Å². The number of para-hydroxylation sites is 2. The highest BCUT2D eigenvalue weighted by atomic mass is 16.1. The van der Waals surface area contributed by atoms with E-state index in [9.17, 15) is 4.79 Å². The van der Waals surface area contributed by atoms with E-state index in [1.165, 1.54) is 0 Å². The van der Waals surface area contributed by atoms with E-state index in [4.69, 9.17) is 0 Å². The van der Waals surface area contributed by atoms with Crippen molar-refractivity contribution in [2.75, 3.05) is 0 Å². The number of nitrogens with zero attached hydrogens (tertiary/aromatic N) is 2. The summed E-state index contributed by atoms with van der Waals surface area (Å²) in [7, 11) is 0. The van der Waals surface area contributed by atoms with E-state index in [-0.39, 0.29) is 5.69 Å². The molecule has 3 nitrogen and oxygen atoms in total. The van der Waals surface area contributed by atoms with Gasteiger partial charge in [0.05, 0.1) is 11.0 Å². The lowest BCUT2D eigenvalue weighted by atomic mass is 10.3. The fourth-order valence-electron chi connectivity index (χ4n) is 2.15. The Kier molecular flexibility index (Phi) is 3.13. The second kappa shape index (κ2) is 4.56. The lowest BCUT2D eigenvalue weighted by Gasteiger charge is -1.98. The third-order valence-electron chi connectivity index (χ3n) is 2.82. The third-order valence-corrected chi connectivity index (χ3v) is 2.82. The highest BCUT2D eigenvalue weighted by Gasteiger charge is 2.10. The summed E-state index contributed by atoms with van der Waals surface area (Å²) in [6, 6.07) is 8.03. The standard InChI is InChI=1S/C13H18N2O/c1-3-9-14-11-7-5-6-8-12(11)15(10-4-2)13(14)16/h5-8H,3-4,9-10H2,1-2H3. The van der Waals surface area contributed by atoms with Crippen LogP contribution in [0.5, 0.6) is 0 Å². The largest absolute Gasteiger partial charge is 0.329 e. The first-order chi connectivity index (χ1) is 7.79. The van der Waals surface area contributed by atoms with Crippen molar-refractivity contribution in [2.45, 2.75) is 39.8 Å². The molecule has 2 rings (SSSR count). The van der Waals surface area contributed by atoms with Crippen LogP contribution >= 0.6 is 0 Å². The zero-order chi connectivity index (χ0) is 11.5. The molecule has 0 saturated heterocycles. The number of benzene rings is 1. The van der Waals surface area contributed by atoms with Crippen molar-refractivity contribution in [1.82, 2.24) is 9.13 Å². The molecule has 0 aliphatic rings. The van der Waals surface area contributed by atoms with E-state index >= 15 is 0 Å². The van der Waals surface area contributed by atoms with E-state index < -0.39 is 0 Å². The number of imidazole rings is 1. The molecule has 0 atom stereocenters. The van der Waals surface area contributed by atoms with E-state index in [0.29, 0.717) is 0 Å². The van der Waals surface area contributed by atoms with Crippen LogP contribution in [0.1, 0.15) is 26.7 Å². The Labute approximate surface area is 95.3 Å². The zero-order valence-electron chi connectivity index (χ0n) is 9.94. The van der Waals surface area contributed by atoms with Gasteiger partial charge in [0.15, 0.2) is 0 Å². The Morgan fingerprint density at radius 3 is 1.75 bits per heavy atom. The molecule has 0 radical (unpaired) electrons. The average Bonchev–Trinajstić information content (AvgIpc) is 2.56. The van der Waals surface area contributed by atoms with Gasteiger partial charge < -0.3 is 0 Å². The van der Waals surface area contributed by atoms with Crippen molar-refractivity contribution in [3.63, 3.8) is 0 Å². The zero-order valence-corrected chi connectivity index (χ0v) is 9.94. The highest BCUT2D eigenvalue weighted by molar-refractivity contribution is 5.75. The van der Waals surface area contributed by atoms with E-state index in [0.717, 1.165) is 37.0 Å². The fraction of sp³-hybridized carbons (Fsp3) is 0.462. The lowest BCUT2D eigenvalue weighted by Crippen LogP contribution is -2.24. The van der Waals surface area contributed by atoms with Gasteiger partial charge >= 0.3 is 5.69 Å². The maximum Gasteiger partial charge on any atom is 0.329 e. The normalized spacial score (nSPS) is 11.1. The molecule has 86 valence electrons. The maximum atomic E-state index is 12.2. The SMILES string of the molecule is CCCn1c(=O)n(CCC)c2ccccc21. The van der Waals surface area contributed by atoms with Crippen molar-refractivity contribution < 1.29 is 0 Å². The summed E-state index contributed by atoms with van der Waals surface area (Å²) in [6.07, 6.45) is 1.97. The Morgan fingerprint density at radius 1 is 0.938 bits per heavy atom. The molecular formula is C13H18N2O. The Bertz CT molecular complexity index is 490. The van der Waals surface area contributed by atoms with Crippen LogP contribution in [0, 0.1) is 0 Å². The summed E-state index contributed by atoms with van der Waals surface area (Å²) in [6.45, 7) is 5.79. The second-order valence-corrected chi connectivity index (χ2v) is 4.07. The van der Waals surface area contributed by atoms with Crippen LogP contribution in [0.2, 0.25) is 0 Å². The van der Waals surface area contributed by atoms with E-state index in [1.54, 1.807) is 0 Å². The monoisotopic (exact) mass is 218 g/mol. The molecule has 3 heteroatoms. The Hall–Kier alpha value is -1.51. The highest BCUT2D eigenvalue weighted by Crippen LogP contribution is 2.13. The van der Waals surface area contributed by atoms with Gasteiger partial charge in [0, 0.05) is 13.1 Å². The van der Waals surface area contributed by atoms with Crippen molar-refractivity contribution in [1.29, 1.82) is 0 Å². The number of hydrogen-bond acceptors (Lipinski definition) is 1. The minimum atomic E-state index is 0.130. The van der Waals surface area contributed by atoms with Gasteiger partial charge in [0.1, 0.15) is 0 Å². The van der Waals surface area contributed by atoms with Crippen LogP contribution in [0.25, 0.3) is 11.0 Å². The summed E-state index contributed by atoms with van der Waals surface area (Å²) >= 11 is 0. The van der Waals surface area contributed by atoms with Crippen LogP contribution < -0.4 is 5.69 Å². The summed E-state index contributed by atoms with van der Waals surface area (Å²) in [5.41, 5.74) is 2.25. The van der Waals surface area contributed by atoms with Gasteiger partial charge in [-0.25, -0.2) is 4.79 Å². The van der Waals surface area contributed by atoms with Gasteiger partial charge in [-0.2, -0.15) is 0 Å². The molecule has 0 fully saturated rings. The summed E-state index contributed by atoms with van der Waals surface area (Å²) in [5, 5.41) is 0.